The number of ketones is 1. The van der Waals surface area contributed by atoms with Crippen molar-refractivity contribution in [1.29, 1.82) is 0 Å². The molecule has 1 aromatic rings. The van der Waals surface area contributed by atoms with Gasteiger partial charge in [0.05, 0.1) is 12.2 Å². The minimum Gasteiger partial charge on any atom is -0.347 e. The van der Waals surface area contributed by atoms with Crippen LogP contribution in [-0.2, 0) is 24.0 Å². The molecular formula is C37H55N7O6. The number of hydrogen-bond acceptors (Lipinski definition) is 8. The zero-order chi connectivity index (χ0) is 36.0. The molecule has 6 atom stereocenters. The standard InChI is InChI=1S/C37H55N7O6/c1-5-10-26(30(45)35(49)40-24-15-16-24)41-34(48)29-25-14-9-13-23(25)21-44(29)36(50)31(37(2,3)4)43-32(46)27(19-22-11-7-6-8-12-22)42-33(47)28-20-38-17-18-39-28/h17-18,20,22-27,29,31H,5-16,19,21H2,1-4H3,(H,40,49)(H,41,48)(H,42,47)(H,43,46)/t23?,25-,26?,27-,29-,31+/m0/s1. The van der Waals surface area contributed by atoms with Gasteiger partial charge in [0.1, 0.15) is 23.8 Å². The smallest absolute Gasteiger partial charge is 0.289 e. The van der Waals surface area contributed by atoms with Gasteiger partial charge in [-0.25, -0.2) is 4.98 Å². The highest BCUT2D eigenvalue weighted by atomic mass is 16.2. The number of nitrogens with one attached hydrogen (secondary N) is 4. The fraction of sp³-hybridized carbons (Fsp3) is 0.730. The van der Waals surface area contributed by atoms with Gasteiger partial charge in [0, 0.05) is 25.0 Å². The van der Waals surface area contributed by atoms with Crippen molar-refractivity contribution >= 4 is 35.3 Å². The molecule has 0 spiro atoms. The lowest BCUT2D eigenvalue weighted by Crippen LogP contribution is -2.61. The highest BCUT2D eigenvalue weighted by Gasteiger charge is 2.52. The van der Waals surface area contributed by atoms with Crippen LogP contribution in [0.25, 0.3) is 0 Å². The number of amides is 5. The summed E-state index contributed by atoms with van der Waals surface area (Å²) in [6.07, 6.45) is 15.0. The SMILES string of the molecule is CCCC(NC(=O)[C@@H]1[C@H]2CCCC2CN1C(=O)[C@@H](NC(=O)[C@H](CC1CCCCC1)NC(=O)c1cnccn1)C(C)(C)C)C(=O)C(=O)NC1CC1. The van der Waals surface area contributed by atoms with E-state index in [4.69, 9.17) is 0 Å². The fourth-order valence-corrected chi connectivity index (χ4v) is 8.02. The minimum atomic E-state index is -0.996. The van der Waals surface area contributed by atoms with Gasteiger partial charge in [-0.15, -0.1) is 0 Å². The topological polar surface area (TPSA) is 180 Å². The molecule has 0 aromatic carbocycles. The lowest BCUT2D eigenvalue weighted by atomic mass is 9.83. The van der Waals surface area contributed by atoms with Crippen molar-refractivity contribution in [3.05, 3.63) is 24.3 Å². The van der Waals surface area contributed by atoms with Crippen molar-refractivity contribution in [3.8, 4) is 0 Å². The van der Waals surface area contributed by atoms with E-state index in [1.807, 2.05) is 27.7 Å². The summed E-state index contributed by atoms with van der Waals surface area (Å²) in [4.78, 5) is 91.4. The van der Waals surface area contributed by atoms with Gasteiger partial charge < -0.3 is 26.2 Å². The molecule has 274 valence electrons. The maximum Gasteiger partial charge on any atom is 0.289 e. The van der Waals surface area contributed by atoms with Crippen molar-refractivity contribution < 1.29 is 28.8 Å². The Labute approximate surface area is 295 Å². The molecule has 13 heteroatoms. The summed E-state index contributed by atoms with van der Waals surface area (Å²) >= 11 is 0. The van der Waals surface area contributed by atoms with Gasteiger partial charge in [-0.1, -0.05) is 72.6 Å². The summed E-state index contributed by atoms with van der Waals surface area (Å²) in [5.74, 6) is -2.86. The van der Waals surface area contributed by atoms with Crippen LogP contribution in [0.4, 0.5) is 0 Å². The third kappa shape index (κ3) is 9.25. The Morgan fingerprint density at radius 1 is 0.880 bits per heavy atom. The van der Waals surface area contributed by atoms with Crippen molar-refractivity contribution in [2.24, 2.45) is 23.2 Å². The molecule has 5 amide bonds. The second-order valence-electron chi connectivity index (χ2n) is 15.9. The molecule has 0 bridgehead atoms. The van der Waals surface area contributed by atoms with Gasteiger partial charge in [-0.3, -0.25) is 33.8 Å². The fourth-order valence-electron chi connectivity index (χ4n) is 8.02. The van der Waals surface area contributed by atoms with E-state index >= 15 is 0 Å². The molecule has 4 aliphatic rings. The number of carbonyl (C=O) groups excluding carboxylic acids is 6. The van der Waals surface area contributed by atoms with Gasteiger partial charge in [0.25, 0.3) is 11.8 Å². The maximum absolute atomic E-state index is 14.6. The van der Waals surface area contributed by atoms with Crippen molar-refractivity contribution in [1.82, 2.24) is 36.1 Å². The van der Waals surface area contributed by atoms with Gasteiger partial charge in [0.2, 0.25) is 23.5 Å². The van der Waals surface area contributed by atoms with Gasteiger partial charge >= 0.3 is 0 Å². The quantitative estimate of drug-likeness (QED) is 0.215. The van der Waals surface area contributed by atoms with Gasteiger partial charge in [0.15, 0.2) is 0 Å². The molecule has 50 heavy (non-hydrogen) atoms. The minimum absolute atomic E-state index is 0.0127. The number of hydrogen-bond donors (Lipinski definition) is 4. The highest BCUT2D eigenvalue weighted by Crippen LogP contribution is 2.43. The van der Waals surface area contributed by atoms with Crippen LogP contribution in [0, 0.1) is 23.2 Å². The van der Waals surface area contributed by atoms with E-state index in [0.717, 1.165) is 64.2 Å². The molecule has 4 N–H and O–H groups in total. The van der Waals surface area contributed by atoms with Gasteiger partial charge in [-0.2, -0.15) is 0 Å². The summed E-state index contributed by atoms with van der Waals surface area (Å²) < 4.78 is 0. The first-order valence-electron chi connectivity index (χ1n) is 18.7. The number of carbonyl (C=O) groups is 6. The Balaban J connectivity index is 1.35. The number of nitrogens with zero attached hydrogens (tertiary/aromatic N) is 3. The van der Waals surface area contributed by atoms with Crippen LogP contribution >= 0.6 is 0 Å². The first-order chi connectivity index (χ1) is 23.9. The molecular weight excluding hydrogens is 638 g/mol. The van der Waals surface area contributed by atoms with Crippen molar-refractivity contribution in [2.45, 2.75) is 141 Å². The Morgan fingerprint density at radius 2 is 1.62 bits per heavy atom. The van der Waals surface area contributed by atoms with E-state index in [-0.39, 0.29) is 35.4 Å². The van der Waals surface area contributed by atoms with E-state index in [2.05, 4.69) is 31.2 Å². The molecule has 3 aliphatic carbocycles. The lowest BCUT2D eigenvalue weighted by molar-refractivity contribution is -0.146. The molecule has 13 nitrogen and oxygen atoms in total. The molecule has 0 radical (unpaired) electrons. The lowest BCUT2D eigenvalue weighted by Gasteiger charge is -2.37. The molecule has 1 aliphatic heterocycles. The largest absolute Gasteiger partial charge is 0.347 e. The first-order valence-corrected chi connectivity index (χ1v) is 18.7. The molecule has 2 heterocycles. The first kappa shape index (κ1) is 37.4. The summed E-state index contributed by atoms with van der Waals surface area (Å²) in [5.41, 5.74) is -0.642. The summed E-state index contributed by atoms with van der Waals surface area (Å²) in [6, 6.07) is -3.70. The van der Waals surface area contributed by atoms with Crippen molar-refractivity contribution in [2.75, 3.05) is 6.54 Å². The zero-order valence-electron chi connectivity index (χ0n) is 30.0. The van der Waals surface area contributed by atoms with E-state index in [1.54, 1.807) is 4.90 Å². The Kier molecular flexibility index (Phi) is 12.3. The van der Waals surface area contributed by atoms with Crippen LogP contribution in [0.5, 0.6) is 0 Å². The molecule has 5 rings (SSSR count). The highest BCUT2D eigenvalue weighted by molar-refractivity contribution is 6.38. The molecule has 1 saturated heterocycles. The molecule has 3 saturated carbocycles. The van der Waals surface area contributed by atoms with Crippen LogP contribution in [-0.4, -0.2) is 86.9 Å². The monoisotopic (exact) mass is 693 g/mol. The summed E-state index contributed by atoms with van der Waals surface area (Å²) in [6.45, 7) is 7.85. The average Bonchev–Trinajstić information content (AvgIpc) is 3.66. The van der Waals surface area contributed by atoms with Crippen LogP contribution < -0.4 is 21.3 Å². The van der Waals surface area contributed by atoms with E-state index in [1.165, 1.54) is 18.6 Å². The summed E-state index contributed by atoms with van der Waals surface area (Å²) in [5, 5.41) is 11.5. The predicted molar refractivity (Wildman–Crippen MR) is 185 cm³/mol. The van der Waals surface area contributed by atoms with E-state index < -0.39 is 59.0 Å². The van der Waals surface area contributed by atoms with Crippen molar-refractivity contribution in [3.63, 3.8) is 0 Å². The number of rotatable bonds is 14. The van der Waals surface area contributed by atoms with E-state index in [9.17, 15) is 28.8 Å². The second kappa shape index (κ2) is 16.4. The zero-order valence-corrected chi connectivity index (χ0v) is 30.0. The molecule has 2 unspecified atom stereocenters. The predicted octanol–water partition coefficient (Wildman–Crippen LogP) is 2.84. The third-order valence-corrected chi connectivity index (χ3v) is 10.9. The number of fused-ring (bicyclic) bond motifs is 1. The Hall–Kier alpha value is -3.90. The third-order valence-electron chi connectivity index (χ3n) is 10.9. The Bertz CT molecular complexity index is 1400. The van der Waals surface area contributed by atoms with E-state index in [0.29, 0.717) is 25.8 Å². The van der Waals surface area contributed by atoms with Crippen LogP contribution in [0.15, 0.2) is 18.6 Å². The number of Topliss-reactive ketones (excluding diaryl/α,β-unsaturated/α-hetero) is 1. The normalized spacial score (nSPS) is 24.0. The Morgan fingerprint density at radius 3 is 2.26 bits per heavy atom. The van der Waals surface area contributed by atoms with Gasteiger partial charge in [-0.05, 0) is 61.7 Å². The number of aromatic nitrogens is 2. The molecule has 4 fully saturated rings. The second-order valence-corrected chi connectivity index (χ2v) is 15.9. The van der Waals surface area contributed by atoms with Crippen LogP contribution in [0.1, 0.15) is 122 Å². The summed E-state index contributed by atoms with van der Waals surface area (Å²) in [7, 11) is 0. The maximum atomic E-state index is 14.6. The number of likely N-dealkylation sites (tertiary alicyclic amines) is 1. The van der Waals surface area contributed by atoms with Crippen LogP contribution in [0.3, 0.4) is 0 Å². The molecule has 1 aromatic heterocycles. The van der Waals surface area contributed by atoms with Crippen LogP contribution in [0.2, 0.25) is 0 Å². The average molecular weight is 694 g/mol.